The zero-order valence-electron chi connectivity index (χ0n) is 5.13. The standard InChI is InChI=1S/O4Si.5H2O.Ti/c1-5(2,3)4;;;;;;/h;5*1H2;/q-4;;;;;;+4. The summed E-state index contributed by atoms with van der Waals surface area (Å²) in [4.78, 5) is 34.3. The van der Waals surface area contributed by atoms with E-state index in [0.29, 0.717) is 0 Å². The predicted molar refractivity (Wildman–Crippen MR) is 23.8 cm³/mol. The zero-order chi connectivity index (χ0) is 4.50. The van der Waals surface area contributed by atoms with Crippen LogP contribution in [0.1, 0.15) is 0 Å². The van der Waals surface area contributed by atoms with Crippen LogP contribution in [0.4, 0.5) is 0 Å². The minimum Gasteiger partial charge on any atom is -0.894 e. The molecule has 0 aromatic carbocycles. The molecule has 0 spiro atoms. The summed E-state index contributed by atoms with van der Waals surface area (Å²) >= 11 is 0. The Morgan fingerprint density at radius 1 is 0.545 bits per heavy atom. The van der Waals surface area contributed by atoms with Crippen LogP contribution in [0.5, 0.6) is 0 Å². The monoisotopic (exact) mass is 230 g/mol. The summed E-state index contributed by atoms with van der Waals surface area (Å²) in [6.07, 6.45) is 0. The maximum Gasteiger partial charge on any atom is 4.00 e. The van der Waals surface area contributed by atoms with E-state index in [1.165, 1.54) is 0 Å². The first-order chi connectivity index (χ1) is 2.00. The van der Waals surface area contributed by atoms with Crippen molar-refractivity contribution in [3.63, 3.8) is 0 Å². The average molecular weight is 230 g/mol. The van der Waals surface area contributed by atoms with Crippen LogP contribution in [0.3, 0.4) is 0 Å². The van der Waals surface area contributed by atoms with Crippen molar-refractivity contribution in [2.75, 3.05) is 0 Å². The number of hydrogen-bond acceptors (Lipinski definition) is 4. The van der Waals surface area contributed by atoms with E-state index in [2.05, 4.69) is 0 Å². The largest absolute Gasteiger partial charge is 4.00 e. The third-order valence-corrected chi connectivity index (χ3v) is 0. The molecule has 0 atom stereocenters. The van der Waals surface area contributed by atoms with Gasteiger partial charge in [0.25, 0.3) is 0 Å². The molecule has 0 fully saturated rings. The normalized spacial score (nSPS) is 5.45. The van der Waals surface area contributed by atoms with E-state index in [-0.39, 0.29) is 49.1 Å². The Labute approximate surface area is 77.8 Å². The molecule has 11 heavy (non-hydrogen) atoms. The summed E-state index contributed by atoms with van der Waals surface area (Å²) in [5, 5.41) is 0. The Morgan fingerprint density at radius 2 is 0.545 bits per heavy atom. The smallest absolute Gasteiger partial charge is 0.894 e. The van der Waals surface area contributed by atoms with Crippen molar-refractivity contribution in [2.24, 2.45) is 0 Å². The fourth-order valence-corrected chi connectivity index (χ4v) is 0. The average Bonchev–Trinajstić information content (AvgIpc) is 0.722. The third-order valence-electron chi connectivity index (χ3n) is 0. The topological polar surface area (TPSA) is 250 Å². The SMILES string of the molecule is O.O.O.O.O.[O-][Si]([O-])([O-])[O-].[Ti+4]. The fraction of sp³-hybridized carbons (Fsp3) is 0. The number of rotatable bonds is 0. The van der Waals surface area contributed by atoms with Gasteiger partial charge in [0.05, 0.1) is 0 Å². The number of hydrogen-bond donors (Lipinski definition) is 0. The summed E-state index contributed by atoms with van der Waals surface area (Å²) < 4.78 is 0. The van der Waals surface area contributed by atoms with Gasteiger partial charge in [0.1, 0.15) is 0 Å². The summed E-state index contributed by atoms with van der Waals surface area (Å²) in [5.41, 5.74) is 0. The van der Waals surface area contributed by atoms with Gasteiger partial charge in [0.2, 0.25) is 0 Å². The molecular weight excluding hydrogens is 220 g/mol. The Morgan fingerprint density at radius 3 is 0.545 bits per heavy atom. The van der Waals surface area contributed by atoms with Crippen LogP contribution in [0, 0.1) is 0 Å². The van der Waals surface area contributed by atoms with Gasteiger partial charge in [0, 0.05) is 0 Å². The molecule has 0 saturated carbocycles. The van der Waals surface area contributed by atoms with Gasteiger partial charge >= 0.3 is 21.7 Å². The van der Waals surface area contributed by atoms with Crippen molar-refractivity contribution in [1.82, 2.24) is 0 Å². The molecule has 0 rings (SSSR count). The Bertz CT molecular complexity index is 25.0. The van der Waals surface area contributed by atoms with E-state index < -0.39 is 9.05 Å². The second-order valence-electron chi connectivity index (χ2n) is 0.500. The summed E-state index contributed by atoms with van der Waals surface area (Å²) in [5.74, 6) is 0. The van der Waals surface area contributed by atoms with Gasteiger partial charge in [0.15, 0.2) is 0 Å². The van der Waals surface area contributed by atoms with Crippen molar-refractivity contribution in [2.45, 2.75) is 0 Å². The van der Waals surface area contributed by atoms with Crippen molar-refractivity contribution in [3.05, 3.63) is 0 Å². The van der Waals surface area contributed by atoms with E-state index in [4.69, 9.17) is 19.2 Å². The van der Waals surface area contributed by atoms with Crippen LogP contribution in [0.2, 0.25) is 0 Å². The van der Waals surface area contributed by atoms with Gasteiger partial charge in [-0.15, -0.1) is 0 Å². The van der Waals surface area contributed by atoms with Gasteiger partial charge in [-0.2, -0.15) is 0 Å². The van der Waals surface area contributed by atoms with Crippen LogP contribution in [-0.2, 0) is 21.7 Å². The molecule has 0 aliphatic rings. The van der Waals surface area contributed by atoms with Crippen LogP contribution < -0.4 is 19.2 Å². The van der Waals surface area contributed by atoms with Gasteiger partial charge in [-0.3, -0.25) is 0 Å². The predicted octanol–water partition coefficient (Wildman–Crippen LogP) is -9.26. The van der Waals surface area contributed by atoms with Gasteiger partial charge in [-0.1, -0.05) is 0 Å². The maximum atomic E-state index is 8.58. The second-order valence-corrected chi connectivity index (χ2v) is 1.50. The third kappa shape index (κ3) is 2380. The van der Waals surface area contributed by atoms with E-state index >= 15 is 0 Å². The summed E-state index contributed by atoms with van der Waals surface area (Å²) in [6, 6.07) is 0. The molecule has 0 aliphatic carbocycles. The molecule has 9 nitrogen and oxygen atoms in total. The van der Waals surface area contributed by atoms with Crippen molar-refractivity contribution < 1.29 is 68.3 Å². The molecule has 0 radical (unpaired) electrons. The molecule has 0 unspecified atom stereocenters. The van der Waals surface area contributed by atoms with Crippen LogP contribution in [-0.4, -0.2) is 36.4 Å². The van der Waals surface area contributed by atoms with Gasteiger partial charge in [-0.05, 0) is 0 Å². The van der Waals surface area contributed by atoms with E-state index in [1.807, 2.05) is 0 Å². The minimum absolute atomic E-state index is 0. The van der Waals surface area contributed by atoms with E-state index in [9.17, 15) is 0 Å². The molecule has 0 saturated heterocycles. The summed E-state index contributed by atoms with van der Waals surface area (Å²) in [7, 11) is -5.61. The maximum absolute atomic E-state index is 8.58. The van der Waals surface area contributed by atoms with E-state index in [1.54, 1.807) is 0 Å². The molecule has 0 bridgehead atoms. The van der Waals surface area contributed by atoms with Crippen LogP contribution in [0.15, 0.2) is 0 Å². The Balaban J connectivity index is -0.00000000533. The first kappa shape index (κ1) is 61.9. The molecule has 0 aromatic heterocycles. The van der Waals surface area contributed by atoms with Crippen molar-refractivity contribution in [1.29, 1.82) is 0 Å². The zero-order valence-corrected chi connectivity index (χ0v) is 7.69. The molecule has 0 heterocycles. The first-order valence-electron chi connectivity index (χ1n) is 0.816. The minimum atomic E-state index is -5.61. The second kappa shape index (κ2) is 22.4. The molecule has 10 N–H and O–H groups in total. The quantitative estimate of drug-likeness (QED) is 0.367. The molecule has 11 heteroatoms. The fourth-order valence-electron chi connectivity index (χ4n) is 0. The van der Waals surface area contributed by atoms with E-state index in [0.717, 1.165) is 0 Å². The molecule has 0 aromatic rings. The van der Waals surface area contributed by atoms with Gasteiger partial charge < -0.3 is 55.6 Å². The first-order valence-corrected chi connectivity index (χ1v) is 2.45. The van der Waals surface area contributed by atoms with Crippen LogP contribution >= 0.6 is 0 Å². The van der Waals surface area contributed by atoms with Gasteiger partial charge in [-0.25, -0.2) is 0 Å². The summed E-state index contributed by atoms with van der Waals surface area (Å²) in [6.45, 7) is 0. The molecular formula is H10O9SiTi. The van der Waals surface area contributed by atoms with Crippen LogP contribution in [0.25, 0.3) is 0 Å². The Hall–Kier alpha value is 0.571. The Kier molecular flexibility index (Phi) is 126. The molecule has 0 amide bonds. The molecule has 0 aliphatic heterocycles. The molecule has 72 valence electrons. The van der Waals surface area contributed by atoms with Crippen molar-refractivity contribution in [3.8, 4) is 0 Å². The van der Waals surface area contributed by atoms with Crippen molar-refractivity contribution >= 4 is 9.05 Å².